The Kier molecular flexibility index (Phi) is 3.68. The van der Waals surface area contributed by atoms with Crippen LogP contribution in [-0.2, 0) is 14.9 Å². The molecule has 1 aliphatic heterocycles. The summed E-state index contributed by atoms with van der Waals surface area (Å²) in [6.45, 7) is 3.89. The number of allylic oxidation sites excluding steroid dienone is 2. The fourth-order valence-corrected chi connectivity index (χ4v) is 3.86. The summed E-state index contributed by atoms with van der Waals surface area (Å²) >= 11 is 0. The summed E-state index contributed by atoms with van der Waals surface area (Å²) in [5.41, 5.74) is 1.49. The Morgan fingerprint density at radius 1 is 1.33 bits per heavy atom. The molecule has 0 unspecified atom stereocenters. The molecule has 2 atom stereocenters. The number of fused-ring (bicyclic) bond motifs is 3. The number of hydrogen-bond acceptors (Lipinski definition) is 6. The molecule has 0 saturated carbocycles. The zero-order valence-electron chi connectivity index (χ0n) is 13.6. The topological polar surface area (TPSA) is 93.5 Å². The average molecular weight is 347 g/mol. The van der Waals surface area contributed by atoms with Crippen LogP contribution in [0.2, 0.25) is 0 Å². The minimum atomic E-state index is -3.67. The van der Waals surface area contributed by atoms with Crippen molar-refractivity contribution in [2.75, 3.05) is 6.26 Å². The quantitative estimate of drug-likeness (QED) is 0.353. The van der Waals surface area contributed by atoms with Crippen molar-refractivity contribution in [3.63, 3.8) is 0 Å². The van der Waals surface area contributed by atoms with Crippen LogP contribution in [0.4, 0.5) is 0 Å². The normalized spacial score (nSPS) is 26.1. The van der Waals surface area contributed by atoms with Crippen LogP contribution < -0.4 is 8.92 Å². The van der Waals surface area contributed by atoms with Crippen LogP contribution in [0, 0.1) is 16.7 Å². The predicted molar refractivity (Wildman–Crippen MR) is 85.9 cm³/mol. The smallest absolute Gasteiger partial charge is 0.332 e. The Bertz CT molecular complexity index is 909. The molecule has 0 aromatic heterocycles. The summed E-state index contributed by atoms with van der Waals surface area (Å²) in [5, 5.41) is 9.73. The van der Waals surface area contributed by atoms with Crippen molar-refractivity contribution in [1.29, 1.82) is 5.26 Å². The lowest BCUT2D eigenvalue weighted by atomic mass is 9.62. The van der Waals surface area contributed by atoms with Gasteiger partial charge in [-0.05, 0) is 44.9 Å². The first-order chi connectivity index (χ1) is 11.2. The van der Waals surface area contributed by atoms with E-state index in [1.807, 2.05) is 13.8 Å². The van der Waals surface area contributed by atoms with Gasteiger partial charge in [-0.1, -0.05) is 11.1 Å². The predicted octanol–water partition coefficient (Wildman–Crippen LogP) is 2.67. The highest BCUT2D eigenvalue weighted by atomic mass is 32.2. The van der Waals surface area contributed by atoms with Crippen LogP contribution >= 0.6 is 0 Å². The van der Waals surface area contributed by atoms with Crippen molar-refractivity contribution in [2.24, 2.45) is 5.41 Å². The first-order valence-corrected chi connectivity index (χ1v) is 9.30. The largest absolute Gasteiger partial charge is 0.425 e. The zero-order chi connectivity index (χ0) is 17.7. The second-order valence-electron chi connectivity index (χ2n) is 6.45. The molecule has 3 rings (SSSR count). The molecule has 1 aromatic carbocycles. The van der Waals surface area contributed by atoms with E-state index in [-0.39, 0.29) is 11.7 Å². The number of nitriles is 1. The van der Waals surface area contributed by atoms with Gasteiger partial charge in [0, 0.05) is 11.5 Å². The molecule has 1 aromatic rings. The van der Waals surface area contributed by atoms with Gasteiger partial charge in [0.2, 0.25) is 0 Å². The van der Waals surface area contributed by atoms with Gasteiger partial charge in [0.05, 0.1) is 12.3 Å². The highest BCUT2D eigenvalue weighted by Crippen LogP contribution is 2.55. The molecule has 0 radical (unpaired) electrons. The maximum Gasteiger partial charge on any atom is 0.332 e. The third-order valence-electron chi connectivity index (χ3n) is 4.75. The van der Waals surface area contributed by atoms with Crippen molar-refractivity contribution >= 4 is 16.1 Å². The molecule has 0 bridgehead atoms. The van der Waals surface area contributed by atoms with E-state index in [0.717, 1.165) is 17.4 Å². The van der Waals surface area contributed by atoms with Crippen molar-refractivity contribution in [3.8, 4) is 17.6 Å². The summed E-state index contributed by atoms with van der Waals surface area (Å²) in [6.07, 6.45) is 1.82. The van der Waals surface area contributed by atoms with Gasteiger partial charge in [0.15, 0.2) is 5.41 Å². The summed E-state index contributed by atoms with van der Waals surface area (Å²) in [4.78, 5) is 12.5. The standard InChI is InChI=1S/C17H17NO5S/c1-10-6-14-13-7-12(23-24(3,20)21)4-5-15(13)22-16(19)17(14,9-18)8-11(10)2/h4-5,7,14H,6,8H2,1-3H3/t14-,17+/m0/s1. The molecule has 0 N–H and O–H groups in total. The van der Waals surface area contributed by atoms with E-state index in [1.54, 1.807) is 6.07 Å². The molecule has 0 saturated heterocycles. The van der Waals surface area contributed by atoms with E-state index < -0.39 is 21.5 Å². The Morgan fingerprint density at radius 2 is 2.04 bits per heavy atom. The molecule has 0 amide bonds. The van der Waals surface area contributed by atoms with Crippen molar-refractivity contribution in [2.45, 2.75) is 32.6 Å². The van der Waals surface area contributed by atoms with Crippen molar-refractivity contribution in [1.82, 2.24) is 0 Å². The Hall–Kier alpha value is -2.33. The molecule has 1 aliphatic carbocycles. The number of benzene rings is 1. The molecule has 1 heterocycles. The molecule has 0 fully saturated rings. The molecule has 6 nitrogen and oxygen atoms in total. The number of ether oxygens (including phenoxy) is 1. The van der Waals surface area contributed by atoms with Crippen LogP contribution in [0.15, 0.2) is 29.3 Å². The van der Waals surface area contributed by atoms with E-state index in [4.69, 9.17) is 8.92 Å². The van der Waals surface area contributed by atoms with Crippen LogP contribution in [0.5, 0.6) is 11.5 Å². The number of carbonyl (C=O) groups is 1. The summed E-state index contributed by atoms with van der Waals surface area (Å²) in [7, 11) is -3.67. The summed E-state index contributed by atoms with van der Waals surface area (Å²) < 4.78 is 33.0. The second-order valence-corrected chi connectivity index (χ2v) is 8.03. The van der Waals surface area contributed by atoms with Gasteiger partial charge in [0.1, 0.15) is 11.5 Å². The molecular formula is C17H17NO5S. The second kappa shape index (κ2) is 5.35. The molecule has 0 spiro atoms. The van der Waals surface area contributed by atoms with Crippen LogP contribution in [0.3, 0.4) is 0 Å². The fraction of sp³-hybridized carbons (Fsp3) is 0.412. The van der Waals surface area contributed by atoms with Crippen LogP contribution in [0.1, 0.15) is 38.2 Å². The molecule has 126 valence electrons. The Morgan fingerprint density at radius 3 is 2.67 bits per heavy atom. The maximum atomic E-state index is 12.5. The Labute approximate surface area is 140 Å². The monoisotopic (exact) mass is 347 g/mol. The first kappa shape index (κ1) is 16.5. The van der Waals surface area contributed by atoms with E-state index in [9.17, 15) is 18.5 Å². The lowest BCUT2D eigenvalue weighted by Crippen LogP contribution is -2.45. The molecule has 2 aliphatic rings. The van der Waals surface area contributed by atoms with Crippen molar-refractivity contribution < 1.29 is 22.1 Å². The average Bonchev–Trinajstić information content (AvgIpc) is 2.48. The maximum absolute atomic E-state index is 12.5. The number of esters is 1. The molecule has 7 heteroatoms. The number of hydrogen-bond donors (Lipinski definition) is 0. The Balaban J connectivity index is 2.15. The SMILES string of the molecule is CC1=C(C)C[C@]2(C#N)C(=O)Oc3ccc(OS(C)(=O)=O)cc3[C@@H]2C1. The third-order valence-corrected chi connectivity index (χ3v) is 5.24. The number of nitrogens with zero attached hydrogens (tertiary/aromatic N) is 1. The van der Waals surface area contributed by atoms with Gasteiger partial charge in [-0.3, -0.25) is 0 Å². The fourth-order valence-electron chi connectivity index (χ4n) is 3.41. The van der Waals surface area contributed by atoms with Gasteiger partial charge < -0.3 is 8.92 Å². The van der Waals surface area contributed by atoms with Crippen LogP contribution in [-0.4, -0.2) is 20.6 Å². The minimum absolute atomic E-state index is 0.143. The summed E-state index contributed by atoms with van der Waals surface area (Å²) in [6, 6.07) is 6.65. The van der Waals surface area contributed by atoms with E-state index in [1.165, 1.54) is 12.1 Å². The minimum Gasteiger partial charge on any atom is -0.425 e. The van der Waals surface area contributed by atoms with Crippen molar-refractivity contribution in [3.05, 3.63) is 34.9 Å². The zero-order valence-corrected chi connectivity index (χ0v) is 14.4. The van der Waals surface area contributed by atoms with Gasteiger partial charge in [-0.2, -0.15) is 13.7 Å². The van der Waals surface area contributed by atoms with Crippen LogP contribution in [0.25, 0.3) is 0 Å². The van der Waals surface area contributed by atoms with Gasteiger partial charge in [-0.25, -0.2) is 4.79 Å². The molecule has 24 heavy (non-hydrogen) atoms. The van der Waals surface area contributed by atoms with Gasteiger partial charge in [0.25, 0.3) is 0 Å². The lowest BCUT2D eigenvalue weighted by Gasteiger charge is -2.41. The lowest BCUT2D eigenvalue weighted by molar-refractivity contribution is -0.146. The number of rotatable bonds is 2. The van der Waals surface area contributed by atoms with E-state index in [0.29, 0.717) is 24.2 Å². The van der Waals surface area contributed by atoms with Gasteiger partial charge in [-0.15, -0.1) is 0 Å². The van der Waals surface area contributed by atoms with E-state index >= 15 is 0 Å². The highest BCUT2D eigenvalue weighted by Gasteiger charge is 2.54. The summed E-state index contributed by atoms with van der Waals surface area (Å²) in [5.74, 6) is -0.439. The van der Waals surface area contributed by atoms with E-state index in [2.05, 4.69) is 6.07 Å². The molecular weight excluding hydrogens is 330 g/mol. The van der Waals surface area contributed by atoms with Gasteiger partial charge >= 0.3 is 16.1 Å². The highest BCUT2D eigenvalue weighted by molar-refractivity contribution is 7.86. The number of carbonyl (C=O) groups excluding carboxylic acids is 1. The third kappa shape index (κ3) is 2.57. The first-order valence-electron chi connectivity index (χ1n) is 7.48.